The van der Waals surface area contributed by atoms with Crippen LogP contribution in [0.25, 0.3) is 0 Å². The number of fused-ring (bicyclic) bond motifs is 1. The van der Waals surface area contributed by atoms with E-state index in [-0.39, 0.29) is 29.4 Å². The first-order chi connectivity index (χ1) is 12.8. The Kier molecular flexibility index (Phi) is 5.78. The van der Waals surface area contributed by atoms with Crippen LogP contribution in [0.2, 0.25) is 0 Å². The quantitative estimate of drug-likeness (QED) is 0.565. The fourth-order valence-electron chi connectivity index (χ4n) is 4.41. The van der Waals surface area contributed by atoms with Crippen molar-refractivity contribution in [3.63, 3.8) is 0 Å². The molecule has 0 aromatic heterocycles. The third-order valence-corrected chi connectivity index (χ3v) is 5.71. The Morgan fingerprint density at radius 2 is 1.96 bits per heavy atom. The van der Waals surface area contributed by atoms with Gasteiger partial charge >= 0.3 is 0 Å². The Balaban J connectivity index is 1.66. The van der Waals surface area contributed by atoms with Gasteiger partial charge in [0.05, 0.1) is 18.4 Å². The highest BCUT2D eigenvalue weighted by atomic mass is 16.5. The summed E-state index contributed by atoms with van der Waals surface area (Å²) in [7, 11) is 0. The highest BCUT2D eigenvalue weighted by molar-refractivity contribution is 5.87. The molecule has 2 aliphatic carbocycles. The van der Waals surface area contributed by atoms with Gasteiger partial charge in [-0.3, -0.25) is 4.79 Å². The van der Waals surface area contributed by atoms with E-state index in [1.54, 1.807) is 6.21 Å². The van der Waals surface area contributed by atoms with Crippen LogP contribution in [0.4, 0.5) is 0 Å². The molecule has 3 rings (SSSR count). The van der Waals surface area contributed by atoms with E-state index >= 15 is 0 Å². The number of hydrogen-bond donors (Lipinski definition) is 1. The molecule has 1 N–H and O–H groups in total. The Hall–Kier alpha value is -2.04. The molecule has 5 heteroatoms. The van der Waals surface area contributed by atoms with Gasteiger partial charge in [0, 0.05) is 17.5 Å². The number of rotatable bonds is 7. The first-order valence-electron chi connectivity index (χ1n) is 10.1. The molecule has 1 aromatic carbocycles. The van der Waals surface area contributed by atoms with Crippen LogP contribution >= 0.6 is 0 Å². The van der Waals surface area contributed by atoms with Crippen LogP contribution in [-0.2, 0) is 4.79 Å². The summed E-state index contributed by atoms with van der Waals surface area (Å²) in [6.07, 6.45) is 6.60. The number of hydrogen-bond acceptors (Lipinski definition) is 4. The summed E-state index contributed by atoms with van der Waals surface area (Å²) < 4.78 is 11.6. The topological polar surface area (TPSA) is 59.9 Å². The van der Waals surface area contributed by atoms with E-state index in [2.05, 4.69) is 17.5 Å². The molecule has 2 saturated carbocycles. The average molecular weight is 373 g/mol. The third kappa shape index (κ3) is 4.45. The molecule has 0 heterocycles. The van der Waals surface area contributed by atoms with Gasteiger partial charge in [0.25, 0.3) is 0 Å². The van der Waals surface area contributed by atoms with Crippen molar-refractivity contribution in [3.05, 3.63) is 23.8 Å². The molecule has 3 atom stereocenters. The summed E-state index contributed by atoms with van der Waals surface area (Å²) in [5, 5.41) is 4.20. The van der Waals surface area contributed by atoms with E-state index in [1.807, 2.05) is 45.9 Å². The maximum atomic E-state index is 12.5. The minimum atomic E-state index is 0.0376. The summed E-state index contributed by atoms with van der Waals surface area (Å²) in [4.78, 5) is 12.5. The van der Waals surface area contributed by atoms with Gasteiger partial charge in [-0.2, -0.15) is 5.10 Å². The van der Waals surface area contributed by atoms with E-state index in [1.165, 1.54) is 19.3 Å². The number of amides is 1. The Labute approximate surface area is 162 Å². The van der Waals surface area contributed by atoms with Gasteiger partial charge in [0.1, 0.15) is 11.5 Å². The van der Waals surface area contributed by atoms with Crippen LogP contribution in [0.5, 0.6) is 11.5 Å². The lowest BCUT2D eigenvalue weighted by atomic mass is 9.90. The highest BCUT2D eigenvalue weighted by Crippen LogP contribution is 2.66. The van der Waals surface area contributed by atoms with Crippen LogP contribution < -0.4 is 14.9 Å². The van der Waals surface area contributed by atoms with Crippen LogP contribution in [0.15, 0.2) is 23.3 Å². The second-order valence-electron chi connectivity index (χ2n) is 8.60. The third-order valence-electron chi connectivity index (χ3n) is 5.71. The van der Waals surface area contributed by atoms with Gasteiger partial charge in [-0.25, -0.2) is 5.43 Å². The molecule has 27 heavy (non-hydrogen) atoms. The van der Waals surface area contributed by atoms with Crippen LogP contribution in [0.3, 0.4) is 0 Å². The maximum absolute atomic E-state index is 12.5. The summed E-state index contributed by atoms with van der Waals surface area (Å²) in [6.45, 7) is 10.2. The first kappa shape index (κ1) is 19.7. The fraction of sp³-hybridized carbons (Fsp3) is 0.636. The second-order valence-corrected chi connectivity index (χ2v) is 8.60. The lowest BCUT2D eigenvalue weighted by Gasteiger charge is -2.16. The van der Waals surface area contributed by atoms with Crippen molar-refractivity contribution in [1.82, 2.24) is 5.43 Å². The number of nitrogens with zero attached hydrogens (tertiary/aromatic N) is 1. The molecule has 0 saturated heterocycles. The molecule has 5 nitrogen and oxygen atoms in total. The minimum absolute atomic E-state index is 0.0376. The Morgan fingerprint density at radius 1 is 1.22 bits per heavy atom. The minimum Gasteiger partial charge on any atom is -0.491 e. The molecule has 0 spiro atoms. The number of carbonyl (C=O) groups excluding carboxylic acids is 1. The highest BCUT2D eigenvalue weighted by Gasteiger charge is 2.64. The lowest BCUT2D eigenvalue weighted by molar-refractivity contribution is -0.123. The smallest absolute Gasteiger partial charge is 0.244 e. The molecule has 2 aliphatic rings. The summed E-state index contributed by atoms with van der Waals surface area (Å²) in [6, 6.07) is 5.68. The Morgan fingerprint density at radius 3 is 2.59 bits per heavy atom. The number of ether oxygens (including phenoxy) is 2. The molecule has 0 bridgehead atoms. The van der Waals surface area contributed by atoms with Crippen molar-refractivity contribution in [2.75, 3.05) is 0 Å². The number of nitrogens with one attached hydrogen (secondary N) is 1. The first-order valence-corrected chi connectivity index (χ1v) is 10.1. The molecular formula is C22H32N2O3. The molecule has 148 valence electrons. The zero-order chi connectivity index (χ0) is 19.6. The summed E-state index contributed by atoms with van der Waals surface area (Å²) >= 11 is 0. The van der Waals surface area contributed by atoms with E-state index in [0.29, 0.717) is 11.7 Å². The van der Waals surface area contributed by atoms with Gasteiger partial charge in [-0.15, -0.1) is 0 Å². The van der Waals surface area contributed by atoms with Crippen LogP contribution in [0.1, 0.15) is 65.9 Å². The maximum Gasteiger partial charge on any atom is 0.244 e. The summed E-state index contributed by atoms with van der Waals surface area (Å²) in [5.41, 5.74) is 3.76. The monoisotopic (exact) mass is 372 g/mol. The number of benzene rings is 1. The molecule has 0 aliphatic heterocycles. The van der Waals surface area contributed by atoms with Crippen molar-refractivity contribution in [2.45, 2.75) is 72.5 Å². The molecule has 3 unspecified atom stereocenters. The van der Waals surface area contributed by atoms with Crippen LogP contribution in [-0.4, -0.2) is 24.3 Å². The zero-order valence-electron chi connectivity index (χ0n) is 17.1. The lowest BCUT2D eigenvalue weighted by Crippen LogP contribution is -2.22. The van der Waals surface area contributed by atoms with Gasteiger partial charge < -0.3 is 9.47 Å². The van der Waals surface area contributed by atoms with E-state index < -0.39 is 0 Å². The molecule has 2 fully saturated rings. The Bertz CT molecular complexity index is 714. The summed E-state index contributed by atoms with van der Waals surface area (Å²) in [5.74, 6) is 2.16. The van der Waals surface area contributed by atoms with E-state index in [0.717, 1.165) is 17.7 Å². The largest absolute Gasteiger partial charge is 0.491 e. The second kappa shape index (κ2) is 7.91. The van der Waals surface area contributed by atoms with Crippen molar-refractivity contribution in [1.29, 1.82) is 0 Å². The number of carbonyl (C=O) groups is 1. The SMILES string of the molecule is CC(C)Oc1ccc(C=NNC(=O)C2C3CCCCC32C)c(OC(C)C)c1. The molecule has 1 aromatic rings. The van der Waals surface area contributed by atoms with Crippen LogP contribution in [0, 0.1) is 17.3 Å². The predicted octanol–water partition coefficient (Wildman–Crippen LogP) is 4.54. The number of hydrazone groups is 1. The predicted molar refractivity (Wildman–Crippen MR) is 107 cm³/mol. The standard InChI is InChI=1S/C22H32N2O3/c1-14(2)26-17-10-9-16(19(12-17)27-15(3)4)13-23-24-21(25)20-18-8-6-7-11-22(18,20)5/h9-10,12-15,18,20H,6-8,11H2,1-5H3,(H,24,25). The van der Waals surface area contributed by atoms with Gasteiger partial charge in [-0.05, 0) is 64.0 Å². The van der Waals surface area contributed by atoms with E-state index in [9.17, 15) is 4.79 Å². The van der Waals surface area contributed by atoms with Gasteiger partial charge in [0.2, 0.25) is 5.91 Å². The molecule has 1 amide bonds. The average Bonchev–Trinajstić information content (AvgIpc) is 3.21. The van der Waals surface area contributed by atoms with Crippen molar-refractivity contribution in [2.24, 2.45) is 22.4 Å². The van der Waals surface area contributed by atoms with Crippen molar-refractivity contribution >= 4 is 12.1 Å². The van der Waals surface area contributed by atoms with Crippen molar-refractivity contribution in [3.8, 4) is 11.5 Å². The fourth-order valence-corrected chi connectivity index (χ4v) is 4.41. The molecule has 0 radical (unpaired) electrons. The van der Waals surface area contributed by atoms with Crippen molar-refractivity contribution < 1.29 is 14.3 Å². The van der Waals surface area contributed by atoms with Gasteiger partial charge in [-0.1, -0.05) is 19.8 Å². The molecular weight excluding hydrogens is 340 g/mol. The zero-order valence-corrected chi connectivity index (χ0v) is 17.1. The van der Waals surface area contributed by atoms with E-state index in [4.69, 9.17) is 9.47 Å². The normalized spacial score (nSPS) is 26.9. The van der Waals surface area contributed by atoms with Gasteiger partial charge in [0.15, 0.2) is 0 Å².